The van der Waals surface area contributed by atoms with Crippen molar-refractivity contribution >= 4 is 34.5 Å². The highest BCUT2D eigenvalue weighted by atomic mass is 32.1. The van der Waals surface area contributed by atoms with Crippen LogP contribution in [0.3, 0.4) is 0 Å². The summed E-state index contributed by atoms with van der Waals surface area (Å²) in [7, 11) is 0. The molecule has 0 aliphatic rings. The number of rotatable bonds is 5. The van der Waals surface area contributed by atoms with Gasteiger partial charge in [0.25, 0.3) is 0 Å². The van der Waals surface area contributed by atoms with Crippen LogP contribution in [0.25, 0.3) is 16.0 Å². The fraction of sp³-hybridized carbons (Fsp3) is 0.133. The Labute approximate surface area is 130 Å². The second-order valence-electron chi connectivity index (χ2n) is 4.34. The average Bonchev–Trinajstić information content (AvgIpc) is 3.24. The minimum Gasteiger partial charge on any atom is -0.289 e. The molecule has 3 aromatic heterocycles. The summed E-state index contributed by atoms with van der Waals surface area (Å²) in [5, 5.41) is 9.06. The Kier molecular flexibility index (Phi) is 4.08. The predicted octanol–water partition coefficient (Wildman–Crippen LogP) is 3.98. The summed E-state index contributed by atoms with van der Waals surface area (Å²) in [6.45, 7) is 2.74. The number of carbonyl (C=O) groups is 1. The Morgan fingerprint density at radius 1 is 1.43 bits per heavy atom. The lowest BCUT2D eigenvalue weighted by Crippen LogP contribution is -1.94. The van der Waals surface area contributed by atoms with Crippen LogP contribution in [0.15, 0.2) is 41.4 Å². The van der Waals surface area contributed by atoms with Crippen molar-refractivity contribution in [2.75, 3.05) is 0 Å². The molecule has 3 heterocycles. The number of carbonyl (C=O) groups excluding carboxylic acids is 1. The van der Waals surface area contributed by atoms with Crippen LogP contribution in [-0.2, 0) is 6.54 Å². The van der Waals surface area contributed by atoms with Crippen molar-refractivity contribution in [1.29, 1.82) is 0 Å². The van der Waals surface area contributed by atoms with Crippen LogP contribution in [0.1, 0.15) is 23.0 Å². The molecule has 0 fully saturated rings. The molecule has 4 nitrogen and oxygen atoms in total. The summed E-state index contributed by atoms with van der Waals surface area (Å²) in [6, 6.07) is 4.05. The third kappa shape index (κ3) is 3.17. The molecule has 0 bridgehead atoms. The van der Waals surface area contributed by atoms with Gasteiger partial charge in [-0.2, -0.15) is 5.10 Å². The van der Waals surface area contributed by atoms with E-state index in [4.69, 9.17) is 0 Å². The Morgan fingerprint density at radius 3 is 3.05 bits per heavy atom. The van der Waals surface area contributed by atoms with Crippen molar-refractivity contribution in [3.8, 4) is 9.88 Å². The molecule has 0 saturated carbocycles. The number of aromatic nitrogens is 3. The largest absolute Gasteiger partial charge is 0.289 e. The van der Waals surface area contributed by atoms with Gasteiger partial charge >= 0.3 is 0 Å². The van der Waals surface area contributed by atoms with Crippen LogP contribution >= 0.6 is 22.7 Å². The van der Waals surface area contributed by atoms with Crippen molar-refractivity contribution in [3.05, 3.63) is 52.6 Å². The quantitative estimate of drug-likeness (QED) is 0.528. The molecule has 0 amide bonds. The molecule has 106 valence electrons. The Bertz CT molecular complexity index is 769. The van der Waals surface area contributed by atoms with Crippen LogP contribution in [0.2, 0.25) is 0 Å². The number of thiophene rings is 1. The molecule has 0 N–H and O–H groups in total. The lowest BCUT2D eigenvalue weighted by molar-refractivity contribution is 0.104. The number of aryl methyl sites for hydroxylation is 1. The Morgan fingerprint density at radius 2 is 2.33 bits per heavy atom. The molecular formula is C15H13N3OS2. The van der Waals surface area contributed by atoms with E-state index in [0.29, 0.717) is 5.56 Å². The molecule has 0 atom stereocenters. The highest BCUT2D eigenvalue weighted by molar-refractivity contribution is 7.20. The lowest BCUT2D eigenvalue weighted by atomic mass is 10.2. The number of ketones is 1. The van der Waals surface area contributed by atoms with Crippen molar-refractivity contribution in [3.63, 3.8) is 0 Å². The van der Waals surface area contributed by atoms with Gasteiger partial charge in [-0.05, 0) is 30.5 Å². The average molecular weight is 315 g/mol. The predicted molar refractivity (Wildman–Crippen MR) is 86.7 cm³/mol. The molecular weight excluding hydrogens is 302 g/mol. The summed E-state index contributed by atoms with van der Waals surface area (Å²) in [4.78, 5) is 17.7. The normalized spacial score (nSPS) is 11.3. The van der Waals surface area contributed by atoms with E-state index in [2.05, 4.69) is 10.1 Å². The van der Waals surface area contributed by atoms with Gasteiger partial charge in [0.2, 0.25) is 0 Å². The number of allylic oxidation sites excluding steroid dienone is 1. The van der Waals surface area contributed by atoms with E-state index in [-0.39, 0.29) is 5.78 Å². The van der Waals surface area contributed by atoms with Crippen LogP contribution in [0, 0.1) is 0 Å². The summed E-state index contributed by atoms with van der Waals surface area (Å²) in [5.41, 5.74) is 1.40. The molecule has 0 radical (unpaired) electrons. The monoisotopic (exact) mass is 315 g/mol. The van der Waals surface area contributed by atoms with Gasteiger partial charge in [0.1, 0.15) is 5.01 Å². The summed E-state index contributed by atoms with van der Waals surface area (Å²) >= 11 is 3.24. The maximum atomic E-state index is 12.0. The zero-order valence-electron chi connectivity index (χ0n) is 11.4. The fourth-order valence-electron chi connectivity index (χ4n) is 1.80. The second kappa shape index (κ2) is 6.15. The van der Waals surface area contributed by atoms with E-state index < -0.39 is 0 Å². The first-order valence-electron chi connectivity index (χ1n) is 6.50. The smallest absolute Gasteiger partial charge is 0.189 e. The molecule has 0 aliphatic heterocycles. The van der Waals surface area contributed by atoms with E-state index >= 15 is 0 Å². The zero-order valence-corrected chi connectivity index (χ0v) is 13.0. The van der Waals surface area contributed by atoms with Gasteiger partial charge in [-0.15, -0.1) is 22.7 Å². The van der Waals surface area contributed by atoms with Crippen LogP contribution < -0.4 is 0 Å². The first-order valence-corrected chi connectivity index (χ1v) is 8.26. The molecule has 0 aliphatic carbocycles. The van der Waals surface area contributed by atoms with Crippen molar-refractivity contribution in [2.45, 2.75) is 13.5 Å². The molecule has 3 aromatic rings. The van der Waals surface area contributed by atoms with Gasteiger partial charge in [-0.25, -0.2) is 4.98 Å². The first kappa shape index (κ1) is 13.9. The molecule has 0 aromatic carbocycles. The first-order chi connectivity index (χ1) is 10.3. The second-order valence-corrected chi connectivity index (χ2v) is 6.14. The van der Waals surface area contributed by atoms with E-state index in [1.807, 2.05) is 29.8 Å². The van der Waals surface area contributed by atoms with E-state index in [0.717, 1.165) is 22.1 Å². The van der Waals surface area contributed by atoms with Gasteiger partial charge in [0, 0.05) is 18.1 Å². The maximum Gasteiger partial charge on any atom is 0.189 e. The third-order valence-corrected chi connectivity index (χ3v) is 4.80. The van der Waals surface area contributed by atoms with Crippen molar-refractivity contribution in [2.24, 2.45) is 0 Å². The lowest BCUT2D eigenvalue weighted by Gasteiger charge is -1.90. The van der Waals surface area contributed by atoms with E-state index in [1.165, 1.54) is 0 Å². The van der Waals surface area contributed by atoms with Gasteiger partial charge in [-0.3, -0.25) is 9.48 Å². The molecule has 0 unspecified atom stereocenters. The summed E-state index contributed by atoms with van der Waals surface area (Å²) in [6.07, 6.45) is 6.64. The van der Waals surface area contributed by atoms with Gasteiger partial charge in [-0.1, -0.05) is 6.07 Å². The van der Waals surface area contributed by atoms with Crippen LogP contribution in [0.5, 0.6) is 0 Å². The number of hydrogen-bond acceptors (Lipinski definition) is 5. The fourth-order valence-corrected chi connectivity index (χ4v) is 3.40. The Hall–Kier alpha value is -2.05. The highest BCUT2D eigenvalue weighted by Crippen LogP contribution is 2.28. The van der Waals surface area contributed by atoms with Gasteiger partial charge in [0.05, 0.1) is 22.3 Å². The van der Waals surface area contributed by atoms with E-state index in [9.17, 15) is 4.79 Å². The van der Waals surface area contributed by atoms with Gasteiger partial charge in [0.15, 0.2) is 5.78 Å². The molecule has 0 spiro atoms. The summed E-state index contributed by atoms with van der Waals surface area (Å²) in [5.74, 6) is -0.0552. The number of thiazole rings is 1. The molecule has 3 rings (SSSR count). The topological polar surface area (TPSA) is 47.8 Å². The number of nitrogens with zero attached hydrogens (tertiary/aromatic N) is 3. The highest BCUT2D eigenvalue weighted by Gasteiger charge is 2.06. The minimum absolute atomic E-state index is 0.0552. The molecule has 0 saturated heterocycles. The van der Waals surface area contributed by atoms with Crippen molar-refractivity contribution < 1.29 is 4.79 Å². The zero-order chi connectivity index (χ0) is 14.7. The molecule has 21 heavy (non-hydrogen) atoms. The van der Waals surface area contributed by atoms with Crippen molar-refractivity contribution in [1.82, 2.24) is 14.8 Å². The maximum absolute atomic E-state index is 12.0. The van der Waals surface area contributed by atoms with Gasteiger partial charge < -0.3 is 0 Å². The Balaban J connectivity index is 1.72. The third-order valence-electron chi connectivity index (χ3n) is 2.90. The number of hydrogen-bond donors (Lipinski definition) is 0. The standard InChI is InChI=1S/C15H13N3OS2/c1-2-18-9-11(8-16-18)13(19)6-5-12-10-21-15(17-12)14-4-3-7-20-14/h3-10H,2H2,1H3/b6-5-. The summed E-state index contributed by atoms with van der Waals surface area (Å²) < 4.78 is 1.73. The molecule has 6 heteroatoms. The van der Waals surface area contributed by atoms with E-state index in [1.54, 1.807) is 51.9 Å². The minimum atomic E-state index is -0.0552. The SMILES string of the molecule is CCn1cc(C(=O)/C=C\c2csc(-c3cccs3)n2)cn1. The van der Waals surface area contributed by atoms with Crippen LogP contribution in [-0.4, -0.2) is 20.5 Å². The van der Waals surface area contributed by atoms with Crippen LogP contribution in [0.4, 0.5) is 0 Å².